The van der Waals surface area contributed by atoms with E-state index in [1.54, 1.807) is 30.6 Å². The van der Waals surface area contributed by atoms with E-state index in [1.807, 2.05) is 12.1 Å². The number of hydrogen-bond acceptors (Lipinski definition) is 2. The lowest BCUT2D eigenvalue weighted by Crippen LogP contribution is -2.23. The number of carbonyl (C=O) groups is 1. The van der Waals surface area contributed by atoms with Crippen LogP contribution in [0.2, 0.25) is 5.02 Å². The monoisotopic (exact) mass is 324 g/mol. The van der Waals surface area contributed by atoms with Crippen LogP contribution in [0.25, 0.3) is 0 Å². The molecule has 0 saturated heterocycles. The van der Waals surface area contributed by atoms with Crippen LogP contribution in [0.1, 0.15) is 15.9 Å². The summed E-state index contributed by atoms with van der Waals surface area (Å²) in [5.41, 5.74) is 1.51. The van der Waals surface area contributed by atoms with Crippen molar-refractivity contribution in [2.75, 3.05) is 0 Å². The largest absolute Gasteiger partial charge is 0.348 e. The van der Waals surface area contributed by atoms with Crippen molar-refractivity contribution in [2.45, 2.75) is 6.54 Å². The van der Waals surface area contributed by atoms with Crippen LogP contribution in [0.3, 0.4) is 0 Å². The van der Waals surface area contributed by atoms with Crippen molar-refractivity contribution in [2.24, 2.45) is 0 Å². The van der Waals surface area contributed by atoms with E-state index >= 15 is 0 Å². The predicted molar refractivity (Wildman–Crippen MR) is 74.6 cm³/mol. The van der Waals surface area contributed by atoms with Crippen LogP contribution in [0.15, 0.2) is 47.2 Å². The Kier molecular flexibility index (Phi) is 4.33. The molecule has 0 radical (unpaired) electrons. The number of pyridine rings is 1. The van der Waals surface area contributed by atoms with Crippen molar-refractivity contribution < 1.29 is 4.79 Å². The second-order valence-electron chi connectivity index (χ2n) is 3.67. The minimum Gasteiger partial charge on any atom is -0.348 e. The molecule has 1 aromatic heterocycles. The molecule has 92 valence electrons. The molecule has 0 aliphatic rings. The number of aromatic nitrogens is 1. The second kappa shape index (κ2) is 5.98. The Labute approximate surface area is 118 Å². The molecule has 1 amide bonds. The van der Waals surface area contributed by atoms with E-state index in [0.29, 0.717) is 21.6 Å². The molecule has 1 aromatic carbocycles. The summed E-state index contributed by atoms with van der Waals surface area (Å²) in [6.07, 6.45) is 3.41. The van der Waals surface area contributed by atoms with Gasteiger partial charge in [0.2, 0.25) is 0 Å². The van der Waals surface area contributed by atoms with Crippen LogP contribution in [-0.4, -0.2) is 10.9 Å². The van der Waals surface area contributed by atoms with E-state index in [-0.39, 0.29) is 5.91 Å². The maximum atomic E-state index is 11.9. The minimum absolute atomic E-state index is 0.151. The fourth-order valence-electron chi connectivity index (χ4n) is 1.45. The van der Waals surface area contributed by atoms with E-state index in [1.165, 1.54) is 0 Å². The highest BCUT2D eigenvalue weighted by atomic mass is 79.9. The van der Waals surface area contributed by atoms with Gasteiger partial charge < -0.3 is 5.32 Å². The maximum Gasteiger partial charge on any atom is 0.252 e. The van der Waals surface area contributed by atoms with E-state index < -0.39 is 0 Å². The molecule has 0 spiro atoms. The summed E-state index contributed by atoms with van der Waals surface area (Å²) in [7, 11) is 0. The molecule has 2 rings (SSSR count). The number of nitrogens with zero attached hydrogens (tertiary/aromatic N) is 1. The summed E-state index contributed by atoms with van der Waals surface area (Å²) in [5, 5.41) is 3.41. The van der Waals surface area contributed by atoms with Crippen LogP contribution < -0.4 is 5.32 Å². The van der Waals surface area contributed by atoms with Gasteiger partial charge in [-0.3, -0.25) is 9.78 Å². The van der Waals surface area contributed by atoms with Crippen molar-refractivity contribution in [1.29, 1.82) is 0 Å². The van der Waals surface area contributed by atoms with Gasteiger partial charge in [0.1, 0.15) is 0 Å². The third-order valence-electron chi connectivity index (χ3n) is 2.35. The first-order valence-electron chi connectivity index (χ1n) is 5.29. The highest BCUT2D eigenvalue weighted by molar-refractivity contribution is 9.10. The first kappa shape index (κ1) is 13.1. The second-order valence-corrected chi connectivity index (χ2v) is 4.96. The number of amides is 1. The van der Waals surface area contributed by atoms with Gasteiger partial charge in [-0.25, -0.2) is 0 Å². The molecule has 3 nitrogen and oxygen atoms in total. The molecule has 2 aromatic rings. The average Bonchev–Trinajstić information content (AvgIpc) is 2.37. The van der Waals surface area contributed by atoms with Crippen molar-refractivity contribution in [3.8, 4) is 0 Å². The number of carbonyl (C=O) groups excluding carboxylic acids is 1. The van der Waals surface area contributed by atoms with Crippen molar-refractivity contribution >= 4 is 33.4 Å². The molecule has 0 fully saturated rings. The number of hydrogen-bond donors (Lipinski definition) is 1. The number of nitrogens with one attached hydrogen (secondary N) is 1. The topological polar surface area (TPSA) is 42.0 Å². The molecular weight excluding hydrogens is 316 g/mol. The molecule has 0 aliphatic carbocycles. The molecule has 0 aliphatic heterocycles. The molecular formula is C13H10BrClN2O. The number of halogens is 2. The van der Waals surface area contributed by atoms with Gasteiger partial charge in [0.05, 0.1) is 5.56 Å². The van der Waals surface area contributed by atoms with E-state index in [2.05, 4.69) is 26.2 Å². The average molecular weight is 326 g/mol. The maximum absolute atomic E-state index is 11.9. The lowest BCUT2D eigenvalue weighted by molar-refractivity contribution is 0.0950. The van der Waals surface area contributed by atoms with Gasteiger partial charge in [-0.05, 0) is 45.8 Å². The normalized spacial score (nSPS) is 10.1. The molecule has 0 unspecified atom stereocenters. The fourth-order valence-corrected chi connectivity index (χ4v) is 2.32. The molecule has 0 atom stereocenters. The number of rotatable bonds is 3. The Balaban J connectivity index is 2.04. The first-order chi connectivity index (χ1) is 8.66. The Morgan fingerprint density at radius 2 is 2.22 bits per heavy atom. The summed E-state index contributed by atoms with van der Waals surface area (Å²) in [6, 6.07) is 8.81. The number of benzene rings is 1. The lowest BCUT2D eigenvalue weighted by atomic mass is 10.2. The van der Waals surface area contributed by atoms with Crippen molar-refractivity contribution in [3.63, 3.8) is 0 Å². The Morgan fingerprint density at radius 3 is 2.89 bits per heavy atom. The van der Waals surface area contributed by atoms with Crippen LogP contribution in [0.5, 0.6) is 0 Å². The highest BCUT2D eigenvalue weighted by Gasteiger charge is 2.09. The van der Waals surface area contributed by atoms with Crippen LogP contribution in [0.4, 0.5) is 0 Å². The summed E-state index contributed by atoms with van der Waals surface area (Å²) < 4.78 is 0.679. The van der Waals surface area contributed by atoms with Crippen LogP contribution >= 0.6 is 27.5 Å². The Hall–Kier alpha value is -1.39. The van der Waals surface area contributed by atoms with Crippen molar-refractivity contribution in [3.05, 3.63) is 63.3 Å². The van der Waals surface area contributed by atoms with Gasteiger partial charge in [0, 0.05) is 28.4 Å². The van der Waals surface area contributed by atoms with Gasteiger partial charge >= 0.3 is 0 Å². The SMILES string of the molecule is O=C(NCc1cccnc1)c1ccc(Cl)cc1Br. The minimum atomic E-state index is -0.151. The molecule has 0 saturated carbocycles. The molecule has 1 N–H and O–H groups in total. The van der Waals surface area contributed by atoms with Crippen molar-refractivity contribution in [1.82, 2.24) is 10.3 Å². The van der Waals surface area contributed by atoms with Gasteiger partial charge in [-0.2, -0.15) is 0 Å². The summed E-state index contributed by atoms with van der Waals surface area (Å²) in [4.78, 5) is 15.9. The molecule has 1 heterocycles. The Bertz CT molecular complexity index is 560. The summed E-state index contributed by atoms with van der Waals surface area (Å²) in [6.45, 7) is 0.446. The summed E-state index contributed by atoms with van der Waals surface area (Å²) in [5.74, 6) is -0.151. The van der Waals surface area contributed by atoms with E-state index in [4.69, 9.17) is 11.6 Å². The zero-order valence-corrected chi connectivity index (χ0v) is 11.7. The molecule has 5 heteroatoms. The predicted octanol–water partition coefficient (Wildman–Crippen LogP) is 3.43. The van der Waals surface area contributed by atoms with E-state index in [9.17, 15) is 4.79 Å². The smallest absolute Gasteiger partial charge is 0.252 e. The zero-order valence-electron chi connectivity index (χ0n) is 9.36. The summed E-state index contributed by atoms with van der Waals surface area (Å²) >= 11 is 9.14. The molecule has 18 heavy (non-hydrogen) atoms. The van der Waals surface area contributed by atoms with Gasteiger partial charge in [0.15, 0.2) is 0 Å². The molecule has 0 bridgehead atoms. The zero-order chi connectivity index (χ0) is 13.0. The standard InChI is InChI=1S/C13H10BrClN2O/c14-12-6-10(15)3-4-11(12)13(18)17-8-9-2-1-5-16-7-9/h1-7H,8H2,(H,17,18). The first-order valence-corrected chi connectivity index (χ1v) is 6.46. The highest BCUT2D eigenvalue weighted by Crippen LogP contribution is 2.21. The van der Waals surface area contributed by atoms with E-state index in [0.717, 1.165) is 5.56 Å². The Morgan fingerprint density at radius 1 is 1.39 bits per heavy atom. The van der Waals surface area contributed by atoms with Gasteiger partial charge in [-0.15, -0.1) is 0 Å². The van der Waals surface area contributed by atoms with Gasteiger partial charge in [-0.1, -0.05) is 17.7 Å². The third-order valence-corrected chi connectivity index (χ3v) is 3.24. The van der Waals surface area contributed by atoms with Crippen LogP contribution in [0, 0.1) is 0 Å². The fraction of sp³-hybridized carbons (Fsp3) is 0.0769. The quantitative estimate of drug-likeness (QED) is 0.939. The lowest BCUT2D eigenvalue weighted by Gasteiger charge is -2.07. The third kappa shape index (κ3) is 3.31. The van der Waals surface area contributed by atoms with Crippen LogP contribution in [-0.2, 0) is 6.54 Å². The van der Waals surface area contributed by atoms with Gasteiger partial charge in [0.25, 0.3) is 5.91 Å².